The molecule has 1 fully saturated rings. The fourth-order valence-corrected chi connectivity index (χ4v) is 5.77. The van der Waals surface area contributed by atoms with Gasteiger partial charge in [0.15, 0.2) is 0 Å². The van der Waals surface area contributed by atoms with E-state index in [1.165, 1.54) is 36.0 Å². The van der Waals surface area contributed by atoms with E-state index in [0.29, 0.717) is 18.7 Å². The number of benzene rings is 2. The summed E-state index contributed by atoms with van der Waals surface area (Å²) in [4.78, 5) is 28.6. The first kappa shape index (κ1) is 26.3. The molecule has 1 N–H and O–H groups in total. The molecule has 0 heterocycles. The fourth-order valence-electron chi connectivity index (χ4n) is 4.93. The second-order valence-corrected chi connectivity index (χ2v) is 10.7. The Bertz CT molecular complexity index is 948. The van der Waals surface area contributed by atoms with Gasteiger partial charge in [-0.05, 0) is 56.7 Å². The molecule has 1 saturated carbocycles. The van der Waals surface area contributed by atoms with E-state index in [2.05, 4.69) is 56.4 Å². The Kier molecular flexibility index (Phi) is 10.1. The van der Waals surface area contributed by atoms with Crippen molar-refractivity contribution in [3.8, 4) is 0 Å². The first-order chi connectivity index (χ1) is 16.4. The van der Waals surface area contributed by atoms with E-state index >= 15 is 0 Å². The number of rotatable bonds is 10. The van der Waals surface area contributed by atoms with Crippen LogP contribution < -0.4 is 5.32 Å². The molecular weight excluding hydrogens is 440 g/mol. The molecule has 2 aromatic carbocycles. The normalized spacial score (nSPS) is 15.1. The van der Waals surface area contributed by atoms with Gasteiger partial charge in [0, 0.05) is 18.3 Å². The Labute approximate surface area is 209 Å². The van der Waals surface area contributed by atoms with Crippen molar-refractivity contribution in [3.05, 3.63) is 70.3 Å². The molecule has 0 radical (unpaired) electrons. The summed E-state index contributed by atoms with van der Waals surface area (Å²) in [6.07, 6.45) is 6.28. The Hall–Kier alpha value is -2.27. The topological polar surface area (TPSA) is 49.4 Å². The molecule has 1 unspecified atom stereocenters. The van der Waals surface area contributed by atoms with E-state index in [-0.39, 0.29) is 17.9 Å². The highest BCUT2D eigenvalue weighted by Crippen LogP contribution is 2.21. The second kappa shape index (κ2) is 13.0. The molecule has 5 heteroatoms. The van der Waals surface area contributed by atoms with Crippen molar-refractivity contribution >= 4 is 23.6 Å². The second-order valence-electron chi connectivity index (χ2n) is 9.70. The van der Waals surface area contributed by atoms with Crippen LogP contribution in [0.1, 0.15) is 73.3 Å². The molecule has 4 nitrogen and oxygen atoms in total. The summed E-state index contributed by atoms with van der Waals surface area (Å²) >= 11 is 1.63. The maximum absolute atomic E-state index is 13.5. The monoisotopic (exact) mass is 480 g/mol. The minimum atomic E-state index is -0.448. The Morgan fingerprint density at radius 1 is 1.03 bits per heavy atom. The van der Waals surface area contributed by atoms with E-state index in [1.54, 1.807) is 11.8 Å². The van der Waals surface area contributed by atoms with Gasteiger partial charge in [0.05, 0.1) is 5.75 Å². The van der Waals surface area contributed by atoms with Crippen molar-refractivity contribution in [1.29, 1.82) is 0 Å². The van der Waals surface area contributed by atoms with Crippen LogP contribution in [0.2, 0.25) is 0 Å². The summed E-state index contributed by atoms with van der Waals surface area (Å²) in [5.41, 5.74) is 5.97. The van der Waals surface area contributed by atoms with Gasteiger partial charge in [-0.15, -0.1) is 11.8 Å². The number of carbonyl (C=O) groups is 2. The number of carbonyl (C=O) groups excluding carboxylic acids is 2. The molecule has 184 valence electrons. The van der Waals surface area contributed by atoms with Gasteiger partial charge in [-0.2, -0.15) is 0 Å². The maximum Gasteiger partial charge on any atom is 0.243 e. The van der Waals surface area contributed by atoms with E-state index < -0.39 is 6.04 Å². The minimum Gasteiger partial charge on any atom is -0.352 e. The number of aryl methyl sites for hydroxylation is 3. The highest BCUT2D eigenvalue weighted by Gasteiger charge is 2.30. The summed E-state index contributed by atoms with van der Waals surface area (Å²) < 4.78 is 0. The molecule has 2 aromatic rings. The molecule has 3 rings (SSSR count). The zero-order valence-electron chi connectivity index (χ0n) is 21.2. The molecule has 1 aliphatic rings. The van der Waals surface area contributed by atoms with Crippen LogP contribution in [-0.2, 0) is 21.9 Å². The lowest BCUT2D eigenvalue weighted by Crippen LogP contribution is -2.52. The SMILES string of the molecule is CCC(C(=O)NC1CCCCC1)N(Cc1ccccc1C)C(=O)CSCc1cc(C)cc(C)c1. The van der Waals surface area contributed by atoms with E-state index in [1.807, 2.05) is 24.0 Å². The van der Waals surface area contributed by atoms with Gasteiger partial charge in [0.1, 0.15) is 6.04 Å². The molecule has 0 bridgehead atoms. The molecule has 1 aliphatic carbocycles. The quantitative estimate of drug-likeness (QED) is 0.447. The molecule has 0 spiro atoms. The van der Waals surface area contributed by atoms with Crippen molar-refractivity contribution in [1.82, 2.24) is 10.2 Å². The Morgan fingerprint density at radius 2 is 1.71 bits per heavy atom. The number of nitrogens with zero attached hydrogens (tertiary/aromatic N) is 1. The largest absolute Gasteiger partial charge is 0.352 e. The molecular formula is C29H40N2O2S. The van der Waals surface area contributed by atoms with Crippen LogP contribution in [0.4, 0.5) is 0 Å². The molecule has 1 atom stereocenters. The van der Waals surface area contributed by atoms with Crippen molar-refractivity contribution in [2.24, 2.45) is 0 Å². The first-order valence-electron chi connectivity index (χ1n) is 12.7. The van der Waals surface area contributed by atoms with Crippen LogP contribution in [0.3, 0.4) is 0 Å². The molecule has 0 saturated heterocycles. The van der Waals surface area contributed by atoms with Gasteiger partial charge in [0.25, 0.3) is 0 Å². The van der Waals surface area contributed by atoms with Crippen LogP contribution in [0.5, 0.6) is 0 Å². The van der Waals surface area contributed by atoms with Gasteiger partial charge in [-0.3, -0.25) is 9.59 Å². The third-order valence-electron chi connectivity index (χ3n) is 6.72. The Morgan fingerprint density at radius 3 is 2.35 bits per heavy atom. The zero-order valence-corrected chi connectivity index (χ0v) is 22.0. The summed E-state index contributed by atoms with van der Waals surface area (Å²) in [6.45, 7) is 8.74. The van der Waals surface area contributed by atoms with Crippen LogP contribution >= 0.6 is 11.8 Å². The van der Waals surface area contributed by atoms with Crippen molar-refractivity contribution in [2.75, 3.05) is 5.75 Å². The molecule has 0 aromatic heterocycles. The number of amides is 2. The van der Waals surface area contributed by atoms with Crippen LogP contribution in [0.15, 0.2) is 42.5 Å². The number of hydrogen-bond acceptors (Lipinski definition) is 3. The van der Waals surface area contributed by atoms with Crippen LogP contribution in [-0.4, -0.2) is 34.6 Å². The fraction of sp³-hybridized carbons (Fsp3) is 0.517. The highest BCUT2D eigenvalue weighted by atomic mass is 32.2. The van der Waals surface area contributed by atoms with Crippen molar-refractivity contribution in [3.63, 3.8) is 0 Å². The van der Waals surface area contributed by atoms with Crippen molar-refractivity contribution in [2.45, 2.75) is 90.6 Å². The lowest BCUT2D eigenvalue weighted by molar-refractivity contribution is -0.139. The van der Waals surface area contributed by atoms with Gasteiger partial charge in [-0.25, -0.2) is 0 Å². The maximum atomic E-state index is 13.5. The average molecular weight is 481 g/mol. The van der Waals surface area contributed by atoms with E-state index in [4.69, 9.17) is 0 Å². The first-order valence-corrected chi connectivity index (χ1v) is 13.8. The predicted molar refractivity (Wildman–Crippen MR) is 143 cm³/mol. The number of thioether (sulfide) groups is 1. The molecule has 0 aliphatic heterocycles. The van der Waals surface area contributed by atoms with Gasteiger partial charge < -0.3 is 10.2 Å². The third-order valence-corrected chi connectivity index (χ3v) is 7.70. The van der Waals surface area contributed by atoms with E-state index in [0.717, 1.165) is 29.7 Å². The van der Waals surface area contributed by atoms with Gasteiger partial charge >= 0.3 is 0 Å². The summed E-state index contributed by atoms with van der Waals surface area (Å²) in [6, 6.07) is 14.5. The number of hydrogen-bond donors (Lipinski definition) is 1. The summed E-state index contributed by atoms with van der Waals surface area (Å²) in [5.74, 6) is 1.18. The Balaban J connectivity index is 1.72. The standard InChI is InChI=1S/C29H40N2O2S/c1-5-27(29(33)30-26-13-7-6-8-14-26)31(18-25-12-10-9-11-23(25)4)28(32)20-34-19-24-16-21(2)15-22(3)17-24/h9-12,15-17,26-27H,5-8,13-14,18-20H2,1-4H3,(H,30,33). The highest BCUT2D eigenvalue weighted by molar-refractivity contribution is 7.99. The lowest BCUT2D eigenvalue weighted by atomic mass is 9.95. The zero-order chi connectivity index (χ0) is 24.5. The van der Waals surface area contributed by atoms with E-state index in [9.17, 15) is 9.59 Å². The van der Waals surface area contributed by atoms with Gasteiger partial charge in [0.2, 0.25) is 11.8 Å². The van der Waals surface area contributed by atoms with Crippen LogP contribution in [0, 0.1) is 20.8 Å². The minimum absolute atomic E-state index is 0.00403. The lowest BCUT2D eigenvalue weighted by Gasteiger charge is -2.33. The van der Waals surface area contributed by atoms with Gasteiger partial charge in [-0.1, -0.05) is 79.8 Å². The molecule has 34 heavy (non-hydrogen) atoms. The third kappa shape index (κ3) is 7.63. The van der Waals surface area contributed by atoms with Crippen LogP contribution in [0.25, 0.3) is 0 Å². The molecule has 2 amide bonds. The predicted octanol–water partition coefficient (Wildman–Crippen LogP) is 6.10. The number of nitrogens with one attached hydrogen (secondary N) is 1. The summed E-state index contributed by atoms with van der Waals surface area (Å²) in [7, 11) is 0. The van der Waals surface area contributed by atoms with Crippen molar-refractivity contribution < 1.29 is 9.59 Å². The average Bonchev–Trinajstić information content (AvgIpc) is 2.80. The summed E-state index contributed by atoms with van der Waals surface area (Å²) in [5, 5.41) is 3.26. The smallest absolute Gasteiger partial charge is 0.243 e.